The zero-order chi connectivity index (χ0) is 20.5. The average Bonchev–Trinajstić information content (AvgIpc) is 3.03. The molecule has 8 heteroatoms. The van der Waals surface area contributed by atoms with Crippen LogP contribution in [0.5, 0.6) is 5.75 Å². The first kappa shape index (κ1) is 19.4. The molecule has 3 rings (SSSR count). The summed E-state index contributed by atoms with van der Waals surface area (Å²) in [6, 6.07) is 13.8. The third-order valence-electron chi connectivity index (χ3n) is 4.24. The van der Waals surface area contributed by atoms with Crippen molar-refractivity contribution in [2.24, 2.45) is 7.05 Å². The monoisotopic (exact) mass is 386 g/mol. The molecular formula is C20H17F3N4O. The van der Waals surface area contributed by atoms with Crippen LogP contribution in [0.15, 0.2) is 48.5 Å². The predicted molar refractivity (Wildman–Crippen MR) is 96.3 cm³/mol. The Hall–Kier alpha value is -3.34. The Balaban J connectivity index is 1.98. The minimum atomic E-state index is -4.50. The summed E-state index contributed by atoms with van der Waals surface area (Å²) in [6.07, 6.45) is -4.50. The van der Waals surface area contributed by atoms with Gasteiger partial charge in [0.05, 0.1) is 17.2 Å². The Bertz CT molecular complexity index is 1030. The van der Waals surface area contributed by atoms with Crippen LogP contribution in [0.1, 0.15) is 30.8 Å². The summed E-state index contributed by atoms with van der Waals surface area (Å²) in [6.45, 7) is 3.49. The second-order valence-corrected chi connectivity index (χ2v) is 6.70. The molecule has 0 amide bonds. The molecule has 0 unspecified atom stereocenters. The molecule has 5 nitrogen and oxygen atoms in total. The maximum absolute atomic E-state index is 13.4. The lowest BCUT2D eigenvalue weighted by molar-refractivity contribution is -0.137. The topological polar surface area (TPSA) is 63.7 Å². The van der Waals surface area contributed by atoms with Crippen LogP contribution >= 0.6 is 0 Å². The van der Waals surface area contributed by atoms with Crippen molar-refractivity contribution in [1.82, 2.24) is 14.8 Å². The van der Waals surface area contributed by atoms with Gasteiger partial charge in [-0.3, -0.25) is 0 Å². The molecule has 3 aromatic rings. The van der Waals surface area contributed by atoms with Crippen LogP contribution in [0, 0.1) is 11.3 Å². The number of benzene rings is 2. The fraction of sp³-hybridized carbons (Fsp3) is 0.250. The first-order valence-electron chi connectivity index (χ1n) is 8.39. The molecule has 0 atom stereocenters. The molecule has 0 saturated carbocycles. The van der Waals surface area contributed by atoms with Crippen molar-refractivity contribution in [3.8, 4) is 23.2 Å². The van der Waals surface area contributed by atoms with E-state index in [0.29, 0.717) is 17.1 Å². The molecule has 0 spiro atoms. The zero-order valence-corrected chi connectivity index (χ0v) is 15.4. The van der Waals surface area contributed by atoms with Crippen LogP contribution in [-0.2, 0) is 18.8 Å². The van der Waals surface area contributed by atoms with Gasteiger partial charge in [-0.2, -0.15) is 18.4 Å². The van der Waals surface area contributed by atoms with Gasteiger partial charge in [-0.15, -0.1) is 10.2 Å². The summed E-state index contributed by atoms with van der Waals surface area (Å²) in [5.41, 5.74) is -1.30. The summed E-state index contributed by atoms with van der Waals surface area (Å²) in [5.74, 6) is 0.965. The highest BCUT2D eigenvalue weighted by Gasteiger charge is 2.36. The van der Waals surface area contributed by atoms with Crippen LogP contribution in [0.4, 0.5) is 13.2 Å². The Morgan fingerprint density at radius 2 is 1.64 bits per heavy atom. The second-order valence-electron chi connectivity index (χ2n) is 6.70. The van der Waals surface area contributed by atoms with Gasteiger partial charge in [0.2, 0.25) is 0 Å². The maximum Gasteiger partial charge on any atom is 0.417 e. The van der Waals surface area contributed by atoms with Gasteiger partial charge in [0, 0.05) is 12.6 Å². The van der Waals surface area contributed by atoms with Crippen LogP contribution in [-0.4, -0.2) is 14.8 Å². The third kappa shape index (κ3) is 3.69. The summed E-state index contributed by atoms with van der Waals surface area (Å²) in [4.78, 5) is 0. The predicted octanol–water partition coefficient (Wildman–Crippen LogP) is 4.69. The van der Waals surface area contributed by atoms with E-state index in [9.17, 15) is 13.2 Å². The maximum atomic E-state index is 13.4. The Morgan fingerprint density at radius 1 is 1.00 bits per heavy atom. The largest absolute Gasteiger partial charge is 0.480 e. The molecular weight excluding hydrogens is 369 g/mol. The summed E-state index contributed by atoms with van der Waals surface area (Å²) < 4.78 is 47.5. The van der Waals surface area contributed by atoms with Crippen molar-refractivity contribution < 1.29 is 17.9 Å². The first-order chi connectivity index (χ1) is 13.1. The van der Waals surface area contributed by atoms with Gasteiger partial charge >= 0.3 is 6.18 Å². The molecule has 0 radical (unpaired) electrons. The lowest BCUT2D eigenvalue weighted by atomic mass is 10.1. The molecule has 2 aromatic carbocycles. The standard InChI is InChI=1S/C20H17F3N4O/c1-19(2,28-14-10-8-13(12-24)9-11-14)18-26-25-17(27(18)3)15-6-4-5-7-16(15)20(21,22)23/h4-11H,1-3H3. The van der Waals surface area contributed by atoms with Crippen LogP contribution in [0.2, 0.25) is 0 Å². The molecule has 0 bridgehead atoms. The van der Waals surface area contributed by atoms with E-state index in [1.165, 1.54) is 22.8 Å². The normalized spacial score (nSPS) is 11.9. The quantitative estimate of drug-likeness (QED) is 0.653. The number of halogens is 3. The van der Waals surface area contributed by atoms with E-state index < -0.39 is 17.3 Å². The molecule has 28 heavy (non-hydrogen) atoms. The van der Waals surface area contributed by atoms with Crippen molar-refractivity contribution in [2.45, 2.75) is 25.6 Å². The van der Waals surface area contributed by atoms with Gasteiger partial charge in [-0.05, 0) is 44.2 Å². The number of rotatable bonds is 4. The van der Waals surface area contributed by atoms with Crippen molar-refractivity contribution in [3.05, 3.63) is 65.5 Å². The number of nitriles is 1. The van der Waals surface area contributed by atoms with Crippen molar-refractivity contribution in [3.63, 3.8) is 0 Å². The van der Waals surface area contributed by atoms with Crippen LogP contribution < -0.4 is 4.74 Å². The molecule has 0 N–H and O–H groups in total. The van der Waals surface area contributed by atoms with E-state index in [-0.39, 0.29) is 11.4 Å². The fourth-order valence-electron chi connectivity index (χ4n) is 2.95. The summed E-state index contributed by atoms with van der Waals surface area (Å²) >= 11 is 0. The zero-order valence-electron chi connectivity index (χ0n) is 15.4. The van der Waals surface area contributed by atoms with Crippen molar-refractivity contribution in [1.29, 1.82) is 5.26 Å². The lowest BCUT2D eigenvalue weighted by Crippen LogP contribution is -2.29. The molecule has 0 aliphatic rings. The first-order valence-corrected chi connectivity index (χ1v) is 8.39. The van der Waals surface area contributed by atoms with E-state index in [4.69, 9.17) is 10.00 Å². The highest BCUT2D eigenvalue weighted by Crippen LogP contribution is 2.37. The minimum Gasteiger partial charge on any atom is -0.480 e. The number of hydrogen-bond acceptors (Lipinski definition) is 4. The van der Waals surface area contributed by atoms with Gasteiger partial charge in [0.15, 0.2) is 17.2 Å². The van der Waals surface area contributed by atoms with Gasteiger partial charge in [0.1, 0.15) is 5.75 Å². The number of ether oxygens (including phenoxy) is 1. The number of nitrogens with zero attached hydrogens (tertiary/aromatic N) is 4. The van der Waals surface area contributed by atoms with E-state index in [0.717, 1.165) is 6.07 Å². The smallest absolute Gasteiger partial charge is 0.417 e. The van der Waals surface area contributed by atoms with Gasteiger partial charge in [-0.1, -0.05) is 18.2 Å². The highest BCUT2D eigenvalue weighted by atomic mass is 19.4. The van der Waals surface area contributed by atoms with Crippen molar-refractivity contribution in [2.75, 3.05) is 0 Å². The van der Waals surface area contributed by atoms with E-state index in [1.807, 2.05) is 6.07 Å². The Labute approximate surface area is 160 Å². The van der Waals surface area contributed by atoms with Crippen LogP contribution in [0.3, 0.4) is 0 Å². The summed E-state index contributed by atoms with van der Waals surface area (Å²) in [5, 5.41) is 16.9. The highest BCUT2D eigenvalue weighted by molar-refractivity contribution is 5.61. The summed E-state index contributed by atoms with van der Waals surface area (Å²) in [7, 11) is 1.60. The lowest BCUT2D eigenvalue weighted by Gasteiger charge is -2.25. The average molecular weight is 386 g/mol. The molecule has 144 valence electrons. The fourth-order valence-corrected chi connectivity index (χ4v) is 2.95. The molecule has 1 heterocycles. The third-order valence-corrected chi connectivity index (χ3v) is 4.24. The number of alkyl halides is 3. The number of hydrogen-bond donors (Lipinski definition) is 0. The SMILES string of the molecule is Cn1c(-c2ccccc2C(F)(F)F)nnc1C(C)(C)Oc1ccc(C#N)cc1. The Morgan fingerprint density at radius 3 is 2.25 bits per heavy atom. The van der Waals surface area contributed by atoms with Gasteiger partial charge in [0.25, 0.3) is 0 Å². The van der Waals surface area contributed by atoms with Crippen molar-refractivity contribution >= 4 is 0 Å². The minimum absolute atomic E-state index is 0.0505. The van der Waals surface area contributed by atoms with E-state index in [2.05, 4.69) is 10.2 Å². The molecule has 0 aliphatic heterocycles. The van der Waals surface area contributed by atoms with E-state index in [1.54, 1.807) is 45.2 Å². The molecule has 0 fully saturated rings. The van der Waals surface area contributed by atoms with E-state index >= 15 is 0 Å². The van der Waals surface area contributed by atoms with Crippen LogP contribution in [0.25, 0.3) is 11.4 Å². The molecule has 0 saturated heterocycles. The van der Waals surface area contributed by atoms with Gasteiger partial charge in [-0.25, -0.2) is 0 Å². The Kier molecular flexibility index (Phi) is 4.86. The van der Waals surface area contributed by atoms with Gasteiger partial charge < -0.3 is 9.30 Å². The molecule has 1 aromatic heterocycles. The molecule has 0 aliphatic carbocycles. The number of aromatic nitrogens is 3. The second kappa shape index (κ2) is 7.00.